The van der Waals surface area contributed by atoms with Gasteiger partial charge in [-0.2, -0.15) is 0 Å². The zero-order valence-corrected chi connectivity index (χ0v) is 20.3. The number of anilines is 1. The number of amides is 3. The van der Waals surface area contributed by atoms with Gasteiger partial charge in [-0.25, -0.2) is 18.8 Å². The molecule has 11 heteroatoms. The van der Waals surface area contributed by atoms with Crippen molar-refractivity contribution in [1.82, 2.24) is 10.6 Å². The summed E-state index contributed by atoms with van der Waals surface area (Å²) >= 11 is 0. The Hall–Kier alpha value is -4.51. The largest absolute Gasteiger partial charge is 0.453 e. The molecule has 0 aliphatic carbocycles. The van der Waals surface area contributed by atoms with E-state index in [9.17, 15) is 18.6 Å². The van der Waals surface area contributed by atoms with Crippen LogP contribution < -0.4 is 16.0 Å². The van der Waals surface area contributed by atoms with Crippen molar-refractivity contribution in [2.24, 2.45) is 4.99 Å². The first kappa shape index (κ1) is 26.1. The predicted octanol–water partition coefficient (Wildman–Crippen LogP) is 3.73. The highest BCUT2D eigenvalue weighted by Gasteiger charge is 2.16. The van der Waals surface area contributed by atoms with Gasteiger partial charge in [-0.15, -0.1) is 0 Å². The Bertz CT molecular complexity index is 1260. The van der Waals surface area contributed by atoms with Crippen LogP contribution in [0.2, 0.25) is 0 Å². The van der Waals surface area contributed by atoms with Gasteiger partial charge in [-0.3, -0.25) is 15.4 Å². The van der Waals surface area contributed by atoms with Crippen molar-refractivity contribution in [3.8, 4) is 0 Å². The maximum Gasteiger partial charge on any atom is 0.413 e. The minimum atomic E-state index is -1.53. The molecule has 0 radical (unpaired) electrons. The zero-order valence-electron chi connectivity index (χ0n) is 19.5. The van der Waals surface area contributed by atoms with Crippen molar-refractivity contribution in [1.29, 1.82) is 0 Å². The highest BCUT2D eigenvalue weighted by atomic mass is 32.2. The molecule has 0 saturated heterocycles. The first-order chi connectivity index (χ1) is 17.4. The smallest absolute Gasteiger partial charge is 0.413 e. The average Bonchev–Trinajstić information content (AvgIpc) is 2.90. The second-order valence-electron chi connectivity index (χ2n) is 7.16. The number of methoxy groups -OCH3 is 2. The lowest BCUT2D eigenvalue weighted by molar-refractivity contribution is -0.115. The molecule has 0 bridgehead atoms. The number of ether oxygens (including phenoxy) is 2. The Balaban J connectivity index is 1.99. The molecule has 1 unspecified atom stereocenters. The fourth-order valence-electron chi connectivity index (χ4n) is 2.99. The van der Waals surface area contributed by atoms with Gasteiger partial charge in [0.1, 0.15) is 0 Å². The molecule has 3 N–H and O–H groups in total. The molecule has 0 saturated carbocycles. The minimum Gasteiger partial charge on any atom is -0.453 e. The number of benzene rings is 3. The third-order valence-electron chi connectivity index (χ3n) is 4.66. The minimum absolute atomic E-state index is 0.0870. The maximum atomic E-state index is 13.1. The van der Waals surface area contributed by atoms with E-state index < -0.39 is 23.0 Å². The lowest BCUT2D eigenvalue weighted by Gasteiger charge is -2.13. The fourth-order valence-corrected chi connectivity index (χ4v) is 4.08. The second-order valence-corrected chi connectivity index (χ2v) is 8.65. The van der Waals surface area contributed by atoms with Crippen LogP contribution in [0.4, 0.5) is 21.0 Å². The summed E-state index contributed by atoms with van der Waals surface area (Å²) in [6.07, 6.45) is -1.69. The van der Waals surface area contributed by atoms with Crippen molar-refractivity contribution < 1.29 is 28.1 Å². The van der Waals surface area contributed by atoms with Gasteiger partial charge in [0.2, 0.25) is 11.9 Å². The molecule has 0 aromatic heterocycles. The summed E-state index contributed by atoms with van der Waals surface area (Å²) in [6, 6.07) is 22.6. The molecule has 3 amide bonds. The number of nitrogens with one attached hydrogen (secondary N) is 3. The molecular formula is C25H24N4O6S. The number of hydrogen-bond donors (Lipinski definition) is 3. The molecule has 1 atom stereocenters. The van der Waals surface area contributed by atoms with Crippen LogP contribution in [0.3, 0.4) is 0 Å². The van der Waals surface area contributed by atoms with E-state index in [-0.39, 0.29) is 29.7 Å². The van der Waals surface area contributed by atoms with Crippen molar-refractivity contribution in [3.63, 3.8) is 0 Å². The number of alkyl carbamates (subject to hydrolysis) is 2. The first-order valence-corrected chi connectivity index (χ1v) is 11.8. The molecule has 186 valence electrons. The number of aliphatic imine (C=N–C) groups is 1. The van der Waals surface area contributed by atoms with Gasteiger partial charge in [-0.1, -0.05) is 48.5 Å². The summed E-state index contributed by atoms with van der Waals surface area (Å²) in [7, 11) is 0.763. The Labute approximate surface area is 210 Å². The Kier molecular flexibility index (Phi) is 9.29. The molecule has 3 rings (SSSR count). The van der Waals surface area contributed by atoms with Crippen molar-refractivity contribution in [2.75, 3.05) is 19.5 Å². The highest BCUT2D eigenvalue weighted by Crippen LogP contribution is 2.29. The molecule has 0 heterocycles. The number of carbonyl (C=O) groups is 3. The molecule has 0 spiro atoms. The molecule has 36 heavy (non-hydrogen) atoms. The van der Waals surface area contributed by atoms with Gasteiger partial charge in [0.05, 0.1) is 42.8 Å². The molecule has 3 aromatic carbocycles. The van der Waals surface area contributed by atoms with Crippen molar-refractivity contribution >= 4 is 46.2 Å². The lowest BCUT2D eigenvalue weighted by atomic mass is 10.1. The first-order valence-electron chi connectivity index (χ1n) is 10.6. The van der Waals surface area contributed by atoms with E-state index in [2.05, 4.69) is 30.4 Å². The number of nitrogens with zero attached hydrogens (tertiary/aromatic N) is 1. The van der Waals surface area contributed by atoms with Crippen LogP contribution >= 0.6 is 0 Å². The monoisotopic (exact) mass is 508 g/mol. The van der Waals surface area contributed by atoms with Crippen molar-refractivity contribution in [3.05, 3.63) is 84.4 Å². The van der Waals surface area contributed by atoms with Crippen LogP contribution in [0, 0.1) is 0 Å². The van der Waals surface area contributed by atoms with Gasteiger partial charge >= 0.3 is 12.2 Å². The lowest BCUT2D eigenvalue weighted by Crippen LogP contribution is -2.43. The average molecular weight is 509 g/mol. The molecule has 0 aliphatic heterocycles. The van der Waals surface area contributed by atoms with Crippen LogP contribution in [-0.2, 0) is 31.5 Å². The van der Waals surface area contributed by atoms with Gasteiger partial charge < -0.3 is 14.8 Å². The quantitative estimate of drug-likeness (QED) is 0.343. The van der Waals surface area contributed by atoms with E-state index in [0.29, 0.717) is 9.79 Å². The molecule has 3 aromatic rings. The van der Waals surface area contributed by atoms with Crippen LogP contribution in [0.1, 0.15) is 5.56 Å². The van der Waals surface area contributed by atoms with E-state index in [1.54, 1.807) is 30.3 Å². The Morgan fingerprint density at radius 3 is 1.97 bits per heavy atom. The summed E-state index contributed by atoms with van der Waals surface area (Å²) in [5.41, 5.74) is 1.19. The van der Waals surface area contributed by atoms with E-state index in [1.807, 2.05) is 36.4 Å². The zero-order chi connectivity index (χ0) is 25.9. The SMILES string of the molecule is COC(=O)NC(=Nc1ccc(S(=O)c2ccccc2)cc1NC(=O)Cc1ccccc1)NC(=O)OC. The predicted molar refractivity (Wildman–Crippen MR) is 135 cm³/mol. The number of guanidine groups is 1. The van der Waals surface area contributed by atoms with Gasteiger partial charge in [-0.05, 0) is 35.9 Å². The third-order valence-corrected chi connectivity index (χ3v) is 6.05. The molecule has 0 fully saturated rings. The molecular weight excluding hydrogens is 484 g/mol. The summed E-state index contributed by atoms with van der Waals surface area (Å²) in [5, 5.41) is 7.31. The maximum absolute atomic E-state index is 13.1. The number of rotatable bonds is 6. The standard InChI is InChI=1S/C25H24N4O6S/c1-34-24(31)28-23(29-25(32)35-2)27-20-14-13-19(36(33)18-11-7-4-8-12-18)16-21(20)26-22(30)15-17-9-5-3-6-10-17/h3-14,16H,15H2,1-2H3,(H,26,30)(H2,27,28,29,31,32). The van der Waals surface area contributed by atoms with Crippen molar-refractivity contribution in [2.45, 2.75) is 16.2 Å². The third kappa shape index (κ3) is 7.50. The summed E-state index contributed by atoms with van der Waals surface area (Å²) in [5.74, 6) is -0.645. The van der Waals surface area contributed by atoms with Gasteiger partial charge in [0, 0.05) is 9.79 Å². The van der Waals surface area contributed by atoms with E-state index in [4.69, 9.17) is 0 Å². The van der Waals surface area contributed by atoms with Crippen LogP contribution in [-0.4, -0.2) is 42.5 Å². The van der Waals surface area contributed by atoms with Gasteiger partial charge in [0.15, 0.2) is 0 Å². The highest BCUT2D eigenvalue weighted by molar-refractivity contribution is 7.85. The van der Waals surface area contributed by atoms with E-state index >= 15 is 0 Å². The van der Waals surface area contributed by atoms with Crippen LogP contribution in [0.5, 0.6) is 0 Å². The van der Waals surface area contributed by atoms with Crippen LogP contribution in [0.25, 0.3) is 0 Å². The van der Waals surface area contributed by atoms with E-state index in [0.717, 1.165) is 19.8 Å². The summed E-state index contributed by atoms with van der Waals surface area (Å²) in [6.45, 7) is 0. The molecule has 10 nitrogen and oxygen atoms in total. The number of hydrogen-bond acceptors (Lipinski definition) is 7. The normalized spacial score (nSPS) is 10.9. The summed E-state index contributed by atoms with van der Waals surface area (Å²) < 4.78 is 22.2. The Morgan fingerprint density at radius 1 is 0.806 bits per heavy atom. The topological polar surface area (TPSA) is 135 Å². The van der Waals surface area contributed by atoms with E-state index in [1.165, 1.54) is 12.1 Å². The second kappa shape index (κ2) is 12.8. The Morgan fingerprint density at radius 2 is 1.39 bits per heavy atom. The summed E-state index contributed by atoms with van der Waals surface area (Å²) in [4.78, 5) is 41.5. The van der Waals surface area contributed by atoms with Gasteiger partial charge in [0.25, 0.3) is 0 Å². The van der Waals surface area contributed by atoms with Crippen LogP contribution in [0.15, 0.2) is 93.6 Å². The number of carbonyl (C=O) groups excluding carboxylic acids is 3. The fraction of sp³-hybridized carbons (Fsp3) is 0.120. The molecule has 0 aliphatic rings.